The highest BCUT2D eigenvalue weighted by Crippen LogP contribution is 2.36. The molecule has 2 N–H and O–H groups in total. The number of carbonyl (C=O) groups is 2. The number of methoxy groups -OCH3 is 1. The number of benzene rings is 1. The summed E-state index contributed by atoms with van der Waals surface area (Å²) in [6, 6.07) is 9.60. The maximum Gasteiger partial charge on any atom is 0.259 e. The summed E-state index contributed by atoms with van der Waals surface area (Å²) in [4.78, 5) is 42.8. The maximum absolute atomic E-state index is 14.2. The largest absolute Gasteiger partial charge is 0.496 e. The molecule has 0 bridgehead atoms. The predicted molar refractivity (Wildman–Crippen MR) is 145 cm³/mol. The van der Waals surface area contributed by atoms with Crippen molar-refractivity contribution in [3.63, 3.8) is 0 Å². The first-order chi connectivity index (χ1) is 17.9. The molecule has 0 saturated carbocycles. The van der Waals surface area contributed by atoms with Gasteiger partial charge in [-0.05, 0) is 65.5 Å². The molecule has 1 atom stereocenters. The number of para-hydroxylation sites is 1. The molecule has 0 radical (unpaired) electrons. The number of aromatic amines is 1. The lowest BCUT2D eigenvalue weighted by Gasteiger charge is -2.37. The Hall–Kier alpha value is -3.62. The lowest BCUT2D eigenvalue weighted by molar-refractivity contribution is -0.143. The van der Waals surface area contributed by atoms with Gasteiger partial charge in [0.1, 0.15) is 5.75 Å². The highest BCUT2D eigenvalue weighted by atomic mass is 19.1. The molecule has 0 spiro atoms. The predicted octanol–water partition coefficient (Wildman–Crippen LogP) is 4.43. The molecule has 38 heavy (non-hydrogen) atoms. The van der Waals surface area contributed by atoms with Crippen LogP contribution >= 0.6 is 0 Å². The number of hydrogen-bond donors (Lipinski definition) is 2. The summed E-state index contributed by atoms with van der Waals surface area (Å²) >= 11 is 0. The minimum absolute atomic E-state index is 0.0313. The van der Waals surface area contributed by atoms with Gasteiger partial charge >= 0.3 is 0 Å². The molecule has 1 saturated heterocycles. The molecule has 1 fully saturated rings. The van der Waals surface area contributed by atoms with Crippen molar-refractivity contribution in [3.8, 4) is 5.75 Å². The van der Waals surface area contributed by atoms with Crippen LogP contribution in [0.25, 0.3) is 10.9 Å². The first kappa shape index (κ1) is 27.4. The van der Waals surface area contributed by atoms with Crippen LogP contribution in [-0.2, 0) is 11.3 Å². The topological polar surface area (TPSA) is 96.4 Å². The van der Waals surface area contributed by atoms with Crippen molar-refractivity contribution in [1.82, 2.24) is 19.8 Å². The van der Waals surface area contributed by atoms with Crippen LogP contribution in [0.15, 0.2) is 35.1 Å². The molecule has 3 aromatic rings. The first-order valence-electron chi connectivity index (χ1n) is 13.1. The summed E-state index contributed by atoms with van der Waals surface area (Å²) in [7, 11) is 1.50. The molecule has 9 heteroatoms. The number of H-pyrrole nitrogens is 1. The van der Waals surface area contributed by atoms with Crippen molar-refractivity contribution in [2.45, 2.75) is 65.7 Å². The zero-order valence-electron chi connectivity index (χ0n) is 23.0. The molecule has 204 valence electrons. The van der Waals surface area contributed by atoms with Gasteiger partial charge in [0.15, 0.2) is 5.67 Å². The third-order valence-corrected chi connectivity index (χ3v) is 7.68. The van der Waals surface area contributed by atoms with Gasteiger partial charge in [-0.15, -0.1) is 0 Å². The Morgan fingerprint density at radius 1 is 1.21 bits per heavy atom. The number of nitrogens with zero attached hydrogens (tertiary/aromatic N) is 2. The van der Waals surface area contributed by atoms with Crippen molar-refractivity contribution >= 4 is 22.7 Å². The van der Waals surface area contributed by atoms with Crippen LogP contribution in [0.3, 0.4) is 0 Å². The number of likely N-dealkylation sites (tertiary alicyclic amines) is 1. The van der Waals surface area contributed by atoms with Gasteiger partial charge in [0.05, 0.1) is 24.8 Å². The van der Waals surface area contributed by atoms with Crippen molar-refractivity contribution in [2.24, 2.45) is 5.92 Å². The second-order valence-corrected chi connectivity index (χ2v) is 10.7. The Balaban J connectivity index is 1.58. The number of ether oxygens (including phenoxy) is 1. The van der Waals surface area contributed by atoms with Gasteiger partial charge in [0.2, 0.25) is 0 Å². The number of halogens is 1. The Labute approximate surface area is 222 Å². The second-order valence-electron chi connectivity index (χ2n) is 10.7. The summed E-state index contributed by atoms with van der Waals surface area (Å²) in [5, 5.41) is 3.75. The molecule has 3 heterocycles. The van der Waals surface area contributed by atoms with E-state index in [2.05, 4.69) is 21.8 Å². The number of aryl methyl sites for hydroxylation is 1. The number of fused-ring (bicyclic) bond motifs is 1. The van der Waals surface area contributed by atoms with E-state index in [9.17, 15) is 18.8 Å². The van der Waals surface area contributed by atoms with Crippen molar-refractivity contribution in [3.05, 3.63) is 63.2 Å². The van der Waals surface area contributed by atoms with E-state index in [0.29, 0.717) is 35.7 Å². The molecule has 2 amide bonds. The van der Waals surface area contributed by atoms with Gasteiger partial charge < -0.3 is 24.5 Å². The summed E-state index contributed by atoms with van der Waals surface area (Å²) in [5.41, 5.74) is 1.23. The summed E-state index contributed by atoms with van der Waals surface area (Å²) < 4.78 is 21.7. The maximum atomic E-state index is 14.2. The zero-order chi connectivity index (χ0) is 27.8. The van der Waals surface area contributed by atoms with Crippen molar-refractivity contribution in [1.29, 1.82) is 0 Å². The van der Waals surface area contributed by atoms with Crippen LogP contribution < -0.4 is 15.6 Å². The van der Waals surface area contributed by atoms with Crippen molar-refractivity contribution in [2.75, 3.05) is 20.2 Å². The van der Waals surface area contributed by atoms with E-state index in [1.165, 1.54) is 21.0 Å². The van der Waals surface area contributed by atoms with Crippen LogP contribution in [0.4, 0.5) is 4.39 Å². The fourth-order valence-electron chi connectivity index (χ4n) is 5.67. The van der Waals surface area contributed by atoms with Crippen LogP contribution in [0, 0.1) is 19.8 Å². The molecule has 1 unspecified atom stereocenters. The van der Waals surface area contributed by atoms with Gasteiger partial charge in [-0.3, -0.25) is 14.4 Å². The lowest BCUT2D eigenvalue weighted by Crippen LogP contribution is -2.47. The monoisotopic (exact) mass is 524 g/mol. The molecular weight excluding hydrogens is 487 g/mol. The van der Waals surface area contributed by atoms with Gasteiger partial charge in [-0.25, -0.2) is 4.39 Å². The lowest BCUT2D eigenvalue weighted by atomic mass is 9.89. The van der Waals surface area contributed by atoms with E-state index in [0.717, 1.165) is 29.4 Å². The van der Waals surface area contributed by atoms with Gasteiger partial charge in [0, 0.05) is 41.4 Å². The number of piperidine rings is 1. The SMILES string of the molecule is COc1cc(C)[nH]c(=O)c1CNC(=O)c1c(C)n(C(C)C2CCN(C(=O)C(C)(C)F)CC2)c2ccccc12. The molecule has 0 aliphatic carbocycles. The van der Waals surface area contributed by atoms with Crippen LogP contribution in [0.1, 0.15) is 67.0 Å². The Kier molecular flexibility index (Phi) is 7.67. The first-order valence-corrected chi connectivity index (χ1v) is 13.1. The Morgan fingerprint density at radius 3 is 2.50 bits per heavy atom. The zero-order valence-corrected chi connectivity index (χ0v) is 23.0. The summed E-state index contributed by atoms with van der Waals surface area (Å²) in [6.07, 6.45) is 1.51. The fourth-order valence-corrected chi connectivity index (χ4v) is 5.67. The molecule has 8 nitrogen and oxygen atoms in total. The number of aromatic nitrogens is 2. The van der Waals surface area contributed by atoms with Crippen LogP contribution in [-0.4, -0.2) is 52.1 Å². The molecule has 2 aromatic heterocycles. The van der Waals surface area contributed by atoms with Crippen LogP contribution in [0.2, 0.25) is 0 Å². The molecule has 1 aliphatic rings. The normalized spacial score (nSPS) is 15.5. The number of carbonyl (C=O) groups excluding carboxylic acids is 2. The van der Waals surface area contributed by atoms with E-state index in [1.54, 1.807) is 17.9 Å². The van der Waals surface area contributed by atoms with E-state index in [1.807, 2.05) is 31.2 Å². The molecule has 1 aliphatic heterocycles. The van der Waals surface area contributed by atoms with E-state index >= 15 is 0 Å². The minimum Gasteiger partial charge on any atom is -0.496 e. The number of hydrogen-bond acceptors (Lipinski definition) is 4. The van der Waals surface area contributed by atoms with Gasteiger partial charge in [-0.2, -0.15) is 0 Å². The number of alkyl halides is 1. The van der Waals surface area contributed by atoms with Gasteiger partial charge in [0.25, 0.3) is 17.4 Å². The number of amides is 2. The van der Waals surface area contributed by atoms with E-state index in [-0.39, 0.29) is 30.0 Å². The number of rotatable bonds is 7. The van der Waals surface area contributed by atoms with E-state index < -0.39 is 11.6 Å². The highest BCUT2D eigenvalue weighted by Gasteiger charge is 2.35. The molecule has 1 aromatic carbocycles. The summed E-state index contributed by atoms with van der Waals surface area (Å²) in [5.74, 6) is -0.0330. The van der Waals surface area contributed by atoms with Crippen molar-refractivity contribution < 1.29 is 18.7 Å². The smallest absolute Gasteiger partial charge is 0.259 e. The third kappa shape index (κ3) is 5.19. The number of pyridine rings is 1. The minimum atomic E-state index is -1.87. The average Bonchev–Trinajstić information content (AvgIpc) is 3.17. The average molecular weight is 525 g/mol. The van der Waals surface area contributed by atoms with E-state index in [4.69, 9.17) is 4.74 Å². The molecule has 4 rings (SSSR count). The second kappa shape index (κ2) is 10.6. The quantitative estimate of drug-likeness (QED) is 0.478. The third-order valence-electron chi connectivity index (χ3n) is 7.68. The standard InChI is InChI=1S/C29H37FN4O4/c1-17-15-24(38-6)22(26(35)32-17)16-31-27(36)25-19(3)34(23-10-8-7-9-21(23)25)18(2)20-11-13-33(14-12-20)28(37)29(4,5)30/h7-10,15,18,20H,11-14,16H2,1-6H3,(H,31,36)(H,32,35). The van der Waals surface area contributed by atoms with Crippen LogP contribution in [0.5, 0.6) is 5.75 Å². The Morgan fingerprint density at radius 2 is 1.87 bits per heavy atom. The number of nitrogens with one attached hydrogen (secondary N) is 2. The summed E-state index contributed by atoms with van der Waals surface area (Å²) in [6.45, 7) is 9.51. The highest BCUT2D eigenvalue weighted by molar-refractivity contribution is 6.08. The Bertz CT molecular complexity index is 1410. The van der Waals surface area contributed by atoms with Gasteiger partial charge in [-0.1, -0.05) is 18.2 Å². The molecular formula is C29H37FN4O4. The fraction of sp³-hybridized carbons (Fsp3) is 0.483.